The monoisotopic (exact) mass is 237 g/mol. The van der Waals surface area contributed by atoms with Gasteiger partial charge >= 0.3 is 0 Å². The minimum Gasteiger partial charge on any atom is -0.300 e. The summed E-state index contributed by atoms with van der Waals surface area (Å²) in [6, 6.07) is 3.75. The minimum absolute atomic E-state index is 0.369. The molecule has 0 bridgehead atoms. The minimum atomic E-state index is -0.369. The van der Waals surface area contributed by atoms with E-state index in [1.54, 1.807) is 0 Å². The molecule has 3 atom stereocenters. The van der Waals surface area contributed by atoms with Gasteiger partial charge in [-0.05, 0) is 46.6 Å². The van der Waals surface area contributed by atoms with Gasteiger partial charge in [-0.15, -0.1) is 0 Å². The van der Waals surface area contributed by atoms with Gasteiger partial charge in [0, 0.05) is 18.6 Å². The van der Waals surface area contributed by atoms with E-state index in [2.05, 4.69) is 37.1 Å². The molecule has 0 aliphatic carbocycles. The number of nitrogens with one attached hydrogen (secondary N) is 1. The van der Waals surface area contributed by atoms with Gasteiger partial charge in [0.25, 0.3) is 0 Å². The van der Waals surface area contributed by atoms with Crippen molar-refractivity contribution in [2.45, 2.75) is 71.0 Å². The number of nitrogens with zero attached hydrogens (tertiary/aromatic N) is 2. The molecule has 0 spiro atoms. The second-order valence-electron chi connectivity index (χ2n) is 5.59. The Morgan fingerprint density at radius 2 is 1.94 bits per heavy atom. The molecule has 0 radical (unpaired) electrons. The van der Waals surface area contributed by atoms with Crippen molar-refractivity contribution >= 4 is 0 Å². The van der Waals surface area contributed by atoms with Crippen LogP contribution in [-0.4, -0.2) is 35.6 Å². The van der Waals surface area contributed by atoms with Crippen molar-refractivity contribution in [2.24, 2.45) is 0 Å². The standard InChI is InChI=1S/C14H27N3/c1-5-16-14(4,11-15)9-10-17-12(2)7-6-8-13(17)3/h12-13,16H,5-10H2,1-4H3/t12-,13+,14?. The average Bonchev–Trinajstić information content (AvgIpc) is 2.29. The van der Waals surface area contributed by atoms with E-state index in [0.29, 0.717) is 12.1 Å². The maximum Gasteiger partial charge on any atom is 0.105 e. The summed E-state index contributed by atoms with van der Waals surface area (Å²) < 4.78 is 0. The van der Waals surface area contributed by atoms with E-state index in [0.717, 1.165) is 19.5 Å². The predicted molar refractivity (Wildman–Crippen MR) is 71.8 cm³/mol. The third kappa shape index (κ3) is 3.97. The van der Waals surface area contributed by atoms with Crippen LogP contribution in [0.15, 0.2) is 0 Å². The van der Waals surface area contributed by atoms with E-state index >= 15 is 0 Å². The van der Waals surface area contributed by atoms with Crippen LogP contribution < -0.4 is 5.32 Å². The quantitative estimate of drug-likeness (QED) is 0.798. The molecule has 0 aromatic heterocycles. The molecule has 1 fully saturated rings. The molecule has 1 heterocycles. The Morgan fingerprint density at radius 3 is 2.41 bits per heavy atom. The summed E-state index contributed by atoms with van der Waals surface area (Å²) >= 11 is 0. The van der Waals surface area contributed by atoms with Crippen molar-refractivity contribution in [3.05, 3.63) is 0 Å². The second kappa shape index (κ2) is 6.37. The van der Waals surface area contributed by atoms with Gasteiger partial charge in [-0.25, -0.2) is 0 Å². The number of piperidine rings is 1. The van der Waals surface area contributed by atoms with Crippen molar-refractivity contribution in [1.82, 2.24) is 10.2 Å². The van der Waals surface area contributed by atoms with Crippen LogP contribution in [0, 0.1) is 11.3 Å². The fourth-order valence-electron chi connectivity index (χ4n) is 2.84. The summed E-state index contributed by atoms with van der Waals surface area (Å²) in [5.41, 5.74) is -0.369. The van der Waals surface area contributed by atoms with Gasteiger partial charge in [0.2, 0.25) is 0 Å². The van der Waals surface area contributed by atoms with E-state index in [4.69, 9.17) is 0 Å². The molecule has 17 heavy (non-hydrogen) atoms. The van der Waals surface area contributed by atoms with Gasteiger partial charge in [0.05, 0.1) is 6.07 Å². The van der Waals surface area contributed by atoms with Crippen molar-refractivity contribution in [3.8, 4) is 6.07 Å². The van der Waals surface area contributed by atoms with Gasteiger partial charge in [-0.2, -0.15) is 5.26 Å². The maximum atomic E-state index is 9.25. The summed E-state index contributed by atoms with van der Waals surface area (Å²) in [6.45, 7) is 10.6. The Labute approximate surface area is 106 Å². The highest BCUT2D eigenvalue weighted by Crippen LogP contribution is 2.23. The number of hydrogen-bond acceptors (Lipinski definition) is 3. The van der Waals surface area contributed by atoms with E-state index in [1.165, 1.54) is 19.3 Å². The summed E-state index contributed by atoms with van der Waals surface area (Å²) in [5, 5.41) is 12.5. The zero-order valence-electron chi connectivity index (χ0n) is 11.8. The molecule has 1 aliphatic heterocycles. The van der Waals surface area contributed by atoms with Crippen molar-refractivity contribution in [1.29, 1.82) is 5.26 Å². The molecular formula is C14H27N3. The Bertz CT molecular complexity index is 261. The van der Waals surface area contributed by atoms with Gasteiger partial charge in [-0.1, -0.05) is 13.3 Å². The lowest BCUT2D eigenvalue weighted by Gasteiger charge is -2.40. The molecule has 3 nitrogen and oxygen atoms in total. The first-order chi connectivity index (χ1) is 8.02. The van der Waals surface area contributed by atoms with E-state index < -0.39 is 0 Å². The number of hydrogen-bond donors (Lipinski definition) is 1. The fraction of sp³-hybridized carbons (Fsp3) is 0.929. The molecule has 1 aliphatic rings. The topological polar surface area (TPSA) is 39.1 Å². The summed E-state index contributed by atoms with van der Waals surface area (Å²) in [6.07, 6.45) is 4.86. The van der Waals surface area contributed by atoms with Gasteiger partial charge < -0.3 is 0 Å². The van der Waals surface area contributed by atoms with Gasteiger partial charge in [-0.3, -0.25) is 10.2 Å². The molecule has 0 aromatic rings. The first kappa shape index (κ1) is 14.5. The largest absolute Gasteiger partial charge is 0.300 e. The lowest BCUT2D eigenvalue weighted by atomic mass is 9.94. The predicted octanol–water partition coefficient (Wildman–Crippen LogP) is 2.53. The zero-order chi connectivity index (χ0) is 12.9. The Morgan fingerprint density at radius 1 is 1.35 bits per heavy atom. The molecule has 1 N–H and O–H groups in total. The molecule has 0 aromatic carbocycles. The number of nitriles is 1. The third-order valence-corrected chi connectivity index (χ3v) is 4.06. The molecular weight excluding hydrogens is 210 g/mol. The highest BCUT2D eigenvalue weighted by Gasteiger charge is 2.28. The van der Waals surface area contributed by atoms with Crippen LogP contribution in [0.4, 0.5) is 0 Å². The third-order valence-electron chi connectivity index (χ3n) is 4.06. The Kier molecular flexibility index (Phi) is 5.42. The van der Waals surface area contributed by atoms with Crippen molar-refractivity contribution < 1.29 is 0 Å². The maximum absolute atomic E-state index is 9.25. The van der Waals surface area contributed by atoms with Crippen LogP contribution in [-0.2, 0) is 0 Å². The van der Waals surface area contributed by atoms with Crippen molar-refractivity contribution in [2.75, 3.05) is 13.1 Å². The van der Waals surface area contributed by atoms with Gasteiger partial charge in [0.15, 0.2) is 0 Å². The Hall–Kier alpha value is -0.590. The van der Waals surface area contributed by atoms with Crippen LogP contribution >= 0.6 is 0 Å². The number of likely N-dealkylation sites (tertiary alicyclic amines) is 1. The SMILES string of the molecule is CCNC(C)(C#N)CCN1[C@H](C)CCC[C@@H]1C. The summed E-state index contributed by atoms with van der Waals surface area (Å²) in [5.74, 6) is 0. The normalized spacial score (nSPS) is 29.6. The summed E-state index contributed by atoms with van der Waals surface area (Å²) in [4.78, 5) is 2.57. The van der Waals surface area contributed by atoms with Crippen LogP contribution in [0.2, 0.25) is 0 Å². The zero-order valence-corrected chi connectivity index (χ0v) is 11.8. The molecule has 98 valence electrons. The smallest absolute Gasteiger partial charge is 0.105 e. The van der Waals surface area contributed by atoms with Gasteiger partial charge in [0.1, 0.15) is 5.54 Å². The van der Waals surface area contributed by atoms with Crippen LogP contribution in [0.3, 0.4) is 0 Å². The molecule has 0 saturated carbocycles. The molecule has 1 saturated heterocycles. The van der Waals surface area contributed by atoms with E-state index in [9.17, 15) is 5.26 Å². The highest BCUT2D eigenvalue weighted by atomic mass is 15.2. The van der Waals surface area contributed by atoms with E-state index in [-0.39, 0.29) is 5.54 Å². The summed E-state index contributed by atoms with van der Waals surface area (Å²) in [7, 11) is 0. The average molecular weight is 237 g/mol. The number of rotatable bonds is 5. The molecule has 0 amide bonds. The van der Waals surface area contributed by atoms with Crippen molar-refractivity contribution in [3.63, 3.8) is 0 Å². The first-order valence-electron chi connectivity index (χ1n) is 6.94. The fourth-order valence-corrected chi connectivity index (χ4v) is 2.84. The Balaban J connectivity index is 2.50. The van der Waals surface area contributed by atoms with Crippen LogP contribution in [0.5, 0.6) is 0 Å². The second-order valence-corrected chi connectivity index (χ2v) is 5.59. The molecule has 3 heteroatoms. The van der Waals surface area contributed by atoms with E-state index in [1.807, 2.05) is 6.92 Å². The molecule has 1 unspecified atom stereocenters. The molecule has 1 rings (SSSR count). The highest BCUT2D eigenvalue weighted by molar-refractivity contribution is 5.04. The lowest BCUT2D eigenvalue weighted by molar-refractivity contribution is 0.0952. The first-order valence-corrected chi connectivity index (χ1v) is 6.94. The van der Waals surface area contributed by atoms with Crippen LogP contribution in [0.1, 0.15) is 53.4 Å². The van der Waals surface area contributed by atoms with Crippen LogP contribution in [0.25, 0.3) is 0 Å². The lowest BCUT2D eigenvalue weighted by Crippen LogP contribution is -2.49.